The van der Waals surface area contributed by atoms with Crippen LogP contribution in [0.15, 0.2) is 24.4 Å². The number of aryl methyl sites for hydroxylation is 2. The Hall–Kier alpha value is -1.84. The Morgan fingerprint density at radius 3 is 3.11 bits per heavy atom. The topological polar surface area (TPSA) is 46.9 Å². The van der Waals surface area contributed by atoms with Crippen LogP contribution in [-0.4, -0.2) is 21.7 Å². The number of hydrogen-bond donors (Lipinski definition) is 1. The maximum atomic E-state index is 11.6. The Balaban J connectivity index is 1.70. The second-order valence-corrected chi connectivity index (χ2v) is 4.97. The summed E-state index contributed by atoms with van der Waals surface area (Å²) in [4.78, 5) is 11.6. The van der Waals surface area contributed by atoms with Crippen LogP contribution >= 0.6 is 0 Å². The molecule has 4 heteroatoms. The molecule has 1 aliphatic rings. The molecule has 0 bridgehead atoms. The zero-order valence-electron chi connectivity index (χ0n) is 10.5. The van der Waals surface area contributed by atoms with Crippen molar-refractivity contribution in [2.75, 3.05) is 0 Å². The smallest absolute Gasteiger partial charge is 0.222 e. The van der Waals surface area contributed by atoms with Gasteiger partial charge in [-0.3, -0.25) is 9.48 Å². The van der Waals surface area contributed by atoms with Crippen molar-refractivity contribution in [1.29, 1.82) is 0 Å². The van der Waals surface area contributed by atoms with Gasteiger partial charge in [0.25, 0.3) is 0 Å². The predicted octanol–water partition coefficient (Wildman–Crippen LogP) is 2.01. The second-order valence-electron chi connectivity index (χ2n) is 4.97. The van der Waals surface area contributed by atoms with E-state index in [9.17, 15) is 4.79 Å². The third-order valence-corrected chi connectivity index (χ3v) is 3.40. The maximum Gasteiger partial charge on any atom is 0.222 e. The molecule has 1 aromatic carbocycles. The molecule has 1 aromatic heterocycles. The van der Waals surface area contributed by atoms with E-state index in [4.69, 9.17) is 0 Å². The first-order chi connectivity index (χ1) is 8.74. The molecule has 18 heavy (non-hydrogen) atoms. The summed E-state index contributed by atoms with van der Waals surface area (Å²) in [5.74, 6) is 0.133. The van der Waals surface area contributed by atoms with Gasteiger partial charge in [-0.05, 0) is 31.4 Å². The SMILES string of the molecule is Cc1cccc2c1cnn2CCC(=O)NC1CC1. The monoisotopic (exact) mass is 243 g/mol. The molecule has 2 aromatic rings. The minimum absolute atomic E-state index is 0.133. The summed E-state index contributed by atoms with van der Waals surface area (Å²) in [5.41, 5.74) is 2.33. The number of nitrogens with zero attached hydrogens (tertiary/aromatic N) is 2. The van der Waals surface area contributed by atoms with Gasteiger partial charge < -0.3 is 5.32 Å². The molecule has 1 saturated carbocycles. The minimum atomic E-state index is 0.133. The maximum absolute atomic E-state index is 11.6. The van der Waals surface area contributed by atoms with Crippen molar-refractivity contribution in [3.8, 4) is 0 Å². The van der Waals surface area contributed by atoms with Crippen molar-refractivity contribution in [2.24, 2.45) is 0 Å². The lowest BCUT2D eigenvalue weighted by atomic mass is 10.1. The lowest BCUT2D eigenvalue weighted by Gasteiger charge is -2.05. The number of amides is 1. The van der Waals surface area contributed by atoms with E-state index in [-0.39, 0.29) is 5.91 Å². The van der Waals surface area contributed by atoms with Gasteiger partial charge in [-0.2, -0.15) is 5.10 Å². The summed E-state index contributed by atoms with van der Waals surface area (Å²) in [7, 11) is 0. The normalized spacial score (nSPS) is 14.9. The summed E-state index contributed by atoms with van der Waals surface area (Å²) < 4.78 is 1.91. The van der Waals surface area contributed by atoms with Crippen LogP contribution in [0, 0.1) is 6.92 Å². The Bertz CT molecular complexity index is 584. The first kappa shape index (κ1) is 11.3. The third kappa shape index (κ3) is 2.23. The van der Waals surface area contributed by atoms with Crippen molar-refractivity contribution in [3.63, 3.8) is 0 Å². The van der Waals surface area contributed by atoms with Crippen LogP contribution in [0.3, 0.4) is 0 Å². The van der Waals surface area contributed by atoms with Crippen LogP contribution < -0.4 is 5.32 Å². The molecule has 0 aliphatic heterocycles. The molecule has 94 valence electrons. The molecule has 4 nitrogen and oxygen atoms in total. The predicted molar refractivity (Wildman–Crippen MR) is 70.3 cm³/mol. The van der Waals surface area contributed by atoms with Crippen LogP contribution in [0.1, 0.15) is 24.8 Å². The quantitative estimate of drug-likeness (QED) is 0.893. The Kier molecular flexibility index (Phi) is 2.78. The molecule has 1 fully saturated rings. The molecule has 1 amide bonds. The van der Waals surface area contributed by atoms with Gasteiger partial charge in [0.05, 0.1) is 18.3 Å². The first-order valence-corrected chi connectivity index (χ1v) is 6.44. The van der Waals surface area contributed by atoms with Crippen molar-refractivity contribution < 1.29 is 4.79 Å². The third-order valence-electron chi connectivity index (χ3n) is 3.40. The van der Waals surface area contributed by atoms with Crippen LogP contribution in [0.4, 0.5) is 0 Å². The number of rotatable bonds is 4. The lowest BCUT2D eigenvalue weighted by Crippen LogP contribution is -2.26. The van der Waals surface area contributed by atoms with E-state index in [1.54, 1.807) is 0 Å². The molecule has 1 N–H and O–H groups in total. The van der Waals surface area contributed by atoms with Gasteiger partial charge in [-0.1, -0.05) is 12.1 Å². The first-order valence-electron chi connectivity index (χ1n) is 6.44. The van der Waals surface area contributed by atoms with Crippen molar-refractivity contribution in [3.05, 3.63) is 30.0 Å². The van der Waals surface area contributed by atoms with E-state index in [2.05, 4.69) is 23.4 Å². The Morgan fingerprint density at radius 1 is 1.50 bits per heavy atom. The Morgan fingerprint density at radius 2 is 2.33 bits per heavy atom. The highest BCUT2D eigenvalue weighted by atomic mass is 16.1. The van der Waals surface area contributed by atoms with Crippen LogP contribution in [0.5, 0.6) is 0 Å². The number of benzene rings is 1. The van der Waals surface area contributed by atoms with Gasteiger partial charge in [0.15, 0.2) is 0 Å². The highest BCUT2D eigenvalue weighted by Gasteiger charge is 2.22. The van der Waals surface area contributed by atoms with E-state index < -0.39 is 0 Å². The summed E-state index contributed by atoms with van der Waals surface area (Å²) in [6, 6.07) is 6.59. The van der Waals surface area contributed by atoms with Crippen LogP contribution in [-0.2, 0) is 11.3 Å². The van der Waals surface area contributed by atoms with Crippen LogP contribution in [0.25, 0.3) is 10.9 Å². The number of carbonyl (C=O) groups is 1. The van der Waals surface area contributed by atoms with E-state index in [1.165, 1.54) is 10.9 Å². The van der Waals surface area contributed by atoms with E-state index in [1.807, 2.05) is 23.0 Å². The molecule has 0 spiro atoms. The number of aromatic nitrogens is 2. The molecular weight excluding hydrogens is 226 g/mol. The van der Waals surface area contributed by atoms with Gasteiger partial charge in [0, 0.05) is 17.8 Å². The highest BCUT2D eigenvalue weighted by molar-refractivity contribution is 5.82. The molecule has 0 radical (unpaired) electrons. The highest BCUT2D eigenvalue weighted by Crippen LogP contribution is 2.19. The van der Waals surface area contributed by atoms with Crippen molar-refractivity contribution >= 4 is 16.8 Å². The van der Waals surface area contributed by atoms with Crippen molar-refractivity contribution in [2.45, 2.75) is 38.8 Å². The zero-order valence-corrected chi connectivity index (χ0v) is 10.5. The average Bonchev–Trinajstić information content (AvgIpc) is 3.06. The number of carbonyl (C=O) groups excluding carboxylic acids is 1. The Labute approximate surface area is 106 Å². The van der Waals surface area contributed by atoms with Gasteiger partial charge in [-0.25, -0.2) is 0 Å². The lowest BCUT2D eigenvalue weighted by molar-refractivity contribution is -0.121. The molecule has 0 saturated heterocycles. The van der Waals surface area contributed by atoms with Gasteiger partial charge >= 0.3 is 0 Å². The molecule has 0 unspecified atom stereocenters. The summed E-state index contributed by atoms with van der Waals surface area (Å²) in [6.07, 6.45) is 4.65. The standard InChI is InChI=1S/C14H17N3O/c1-10-3-2-4-13-12(10)9-15-17(13)8-7-14(18)16-11-5-6-11/h2-4,9,11H,5-8H2,1H3,(H,16,18). The average molecular weight is 243 g/mol. The van der Waals surface area contributed by atoms with Gasteiger partial charge in [0.1, 0.15) is 0 Å². The van der Waals surface area contributed by atoms with Gasteiger partial charge in [0.2, 0.25) is 5.91 Å². The van der Waals surface area contributed by atoms with E-state index in [0.29, 0.717) is 19.0 Å². The fraction of sp³-hybridized carbons (Fsp3) is 0.429. The van der Waals surface area contributed by atoms with E-state index in [0.717, 1.165) is 18.4 Å². The van der Waals surface area contributed by atoms with Crippen LogP contribution in [0.2, 0.25) is 0 Å². The number of fused-ring (bicyclic) bond motifs is 1. The van der Waals surface area contributed by atoms with E-state index >= 15 is 0 Å². The summed E-state index contributed by atoms with van der Waals surface area (Å²) >= 11 is 0. The number of nitrogens with one attached hydrogen (secondary N) is 1. The fourth-order valence-electron chi connectivity index (χ4n) is 2.16. The zero-order chi connectivity index (χ0) is 12.5. The second kappa shape index (κ2) is 4.44. The fourth-order valence-corrected chi connectivity index (χ4v) is 2.16. The molecule has 1 heterocycles. The molecule has 3 rings (SSSR count). The molecule has 0 atom stereocenters. The van der Waals surface area contributed by atoms with Gasteiger partial charge in [-0.15, -0.1) is 0 Å². The summed E-state index contributed by atoms with van der Waals surface area (Å²) in [5, 5.41) is 8.52. The molecular formula is C14H17N3O. The molecule has 1 aliphatic carbocycles. The van der Waals surface area contributed by atoms with Crippen molar-refractivity contribution in [1.82, 2.24) is 15.1 Å². The summed E-state index contributed by atoms with van der Waals surface area (Å²) in [6.45, 7) is 2.72. The number of hydrogen-bond acceptors (Lipinski definition) is 2. The largest absolute Gasteiger partial charge is 0.353 e. The minimum Gasteiger partial charge on any atom is -0.353 e.